The molecule has 2 aromatic rings. The molecular formula is C23H29FN2O2. The molecule has 2 amide bonds. The monoisotopic (exact) mass is 384 g/mol. The zero-order valence-corrected chi connectivity index (χ0v) is 16.8. The van der Waals surface area contributed by atoms with Gasteiger partial charge in [-0.3, -0.25) is 9.59 Å². The van der Waals surface area contributed by atoms with Gasteiger partial charge >= 0.3 is 0 Å². The van der Waals surface area contributed by atoms with E-state index in [4.69, 9.17) is 0 Å². The predicted molar refractivity (Wildman–Crippen MR) is 109 cm³/mol. The van der Waals surface area contributed by atoms with Crippen LogP contribution in [-0.4, -0.2) is 28.8 Å². The second-order valence-electron chi connectivity index (χ2n) is 7.05. The highest BCUT2D eigenvalue weighted by molar-refractivity contribution is 5.88. The molecule has 2 aromatic carbocycles. The molecule has 0 aliphatic carbocycles. The van der Waals surface area contributed by atoms with E-state index in [1.165, 1.54) is 12.1 Å². The van der Waals surface area contributed by atoms with Crippen molar-refractivity contribution < 1.29 is 14.0 Å². The summed E-state index contributed by atoms with van der Waals surface area (Å²) in [7, 11) is 0. The highest BCUT2D eigenvalue weighted by Crippen LogP contribution is 2.15. The molecular weight excluding hydrogens is 355 g/mol. The number of nitrogens with zero attached hydrogens (tertiary/aromatic N) is 1. The van der Waals surface area contributed by atoms with Crippen LogP contribution >= 0.6 is 0 Å². The van der Waals surface area contributed by atoms with Gasteiger partial charge in [0.05, 0.1) is 6.42 Å². The lowest BCUT2D eigenvalue weighted by Gasteiger charge is -2.31. The first-order valence-electron chi connectivity index (χ1n) is 9.82. The molecule has 0 aliphatic heterocycles. The highest BCUT2D eigenvalue weighted by Gasteiger charge is 2.29. The van der Waals surface area contributed by atoms with Crippen LogP contribution in [0.2, 0.25) is 0 Å². The molecule has 0 fully saturated rings. The molecule has 0 spiro atoms. The number of hydrogen-bond donors (Lipinski definition) is 1. The Hall–Kier alpha value is -2.69. The van der Waals surface area contributed by atoms with Gasteiger partial charge in [-0.2, -0.15) is 0 Å². The first kappa shape index (κ1) is 21.6. The van der Waals surface area contributed by atoms with Gasteiger partial charge in [0.2, 0.25) is 11.8 Å². The van der Waals surface area contributed by atoms with Crippen LogP contribution in [0.5, 0.6) is 0 Å². The molecule has 2 atom stereocenters. The van der Waals surface area contributed by atoms with Crippen molar-refractivity contribution in [1.29, 1.82) is 0 Å². The Morgan fingerprint density at radius 2 is 1.61 bits per heavy atom. The smallest absolute Gasteiger partial charge is 0.243 e. The first-order valence-corrected chi connectivity index (χ1v) is 9.82. The van der Waals surface area contributed by atoms with Gasteiger partial charge < -0.3 is 10.2 Å². The summed E-state index contributed by atoms with van der Waals surface area (Å²) < 4.78 is 13.3. The maximum Gasteiger partial charge on any atom is 0.243 e. The van der Waals surface area contributed by atoms with Crippen LogP contribution in [-0.2, 0) is 22.6 Å². The number of rotatable bonds is 9. The van der Waals surface area contributed by atoms with Gasteiger partial charge in [0, 0.05) is 12.6 Å². The first-order chi connectivity index (χ1) is 13.4. The Morgan fingerprint density at radius 1 is 0.964 bits per heavy atom. The third-order valence-electron chi connectivity index (χ3n) is 4.85. The van der Waals surface area contributed by atoms with Crippen molar-refractivity contribution in [1.82, 2.24) is 10.2 Å². The van der Waals surface area contributed by atoms with Gasteiger partial charge in [0.15, 0.2) is 0 Å². The lowest BCUT2D eigenvalue weighted by Crippen LogP contribution is -2.51. The fourth-order valence-electron chi connectivity index (χ4n) is 3.02. The minimum absolute atomic E-state index is 0.0402. The number of halogens is 1. The molecule has 0 aliphatic rings. The SMILES string of the molecule is CC[C@@H](C)NC(=O)[C@@H](CC)N(Cc1ccc(F)cc1)C(=O)Cc1ccccc1. The van der Waals surface area contributed by atoms with Gasteiger partial charge in [-0.1, -0.05) is 56.3 Å². The van der Waals surface area contributed by atoms with E-state index in [1.807, 2.05) is 51.1 Å². The highest BCUT2D eigenvalue weighted by atomic mass is 19.1. The topological polar surface area (TPSA) is 49.4 Å². The summed E-state index contributed by atoms with van der Waals surface area (Å²) in [5.74, 6) is -0.602. The molecule has 0 saturated carbocycles. The number of amides is 2. The zero-order chi connectivity index (χ0) is 20.5. The molecule has 5 heteroatoms. The van der Waals surface area contributed by atoms with Gasteiger partial charge in [-0.25, -0.2) is 4.39 Å². The van der Waals surface area contributed by atoms with Crippen molar-refractivity contribution in [2.75, 3.05) is 0 Å². The van der Waals surface area contributed by atoms with Crippen molar-refractivity contribution in [2.45, 2.75) is 58.7 Å². The van der Waals surface area contributed by atoms with E-state index >= 15 is 0 Å². The van der Waals surface area contributed by atoms with Gasteiger partial charge in [-0.15, -0.1) is 0 Å². The minimum atomic E-state index is -0.574. The average Bonchev–Trinajstić information content (AvgIpc) is 2.69. The largest absolute Gasteiger partial charge is 0.352 e. The van der Waals surface area contributed by atoms with E-state index in [9.17, 15) is 14.0 Å². The van der Waals surface area contributed by atoms with E-state index in [2.05, 4.69) is 5.32 Å². The minimum Gasteiger partial charge on any atom is -0.352 e. The number of hydrogen-bond acceptors (Lipinski definition) is 2. The van der Waals surface area contributed by atoms with E-state index in [1.54, 1.807) is 17.0 Å². The second kappa shape index (κ2) is 10.6. The lowest BCUT2D eigenvalue weighted by molar-refractivity contribution is -0.141. The number of carbonyl (C=O) groups excluding carboxylic acids is 2. The molecule has 4 nitrogen and oxygen atoms in total. The summed E-state index contributed by atoms with van der Waals surface area (Å²) in [5.41, 5.74) is 1.69. The summed E-state index contributed by atoms with van der Waals surface area (Å²) >= 11 is 0. The van der Waals surface area contributed by atoms with Crippen molar-refractivity contribution >= 4 is 11.8 Å². The van der Waals surface area contributed by atoms with E-state index in [0.717, 1.165) is 17.5 Å². The summed E-state index contributed by atoms with van der Waals surface area (Å²) in [4.78, 5) is 27.5. The summed E-state index contributed by atoms with van der Waals surface area (Å²) in [5, 5.41) is 2.98. The van der Waals surface area contributed by atoms with Crippen molar-refractivity contribution in [3.8, 4) is 0 Å². The standard InChI is InChI=1S/C23H29FN2O2/c1-4-17(3)25-23(28)21(5-2)26(16-19-11-13-20(24)14-12-19)22(27)15-18-9-7-6-8-10-18/h6-14,17,21H,4-5,15-16H2,1-3H3,(H,25,28)/t17-,21-/m1/s1. The molecule has 2 rings (SSSR count). The number of benzene rings is 2. The Labute approximate surface area is 166 Å². The fraction of sp³-hybridized carbons (Fsp3) is 0.391. The molecule has 0 radical (unpaired) electrons. The Balaban J connectivity index is 2.25. The van der Waals surface area contributed by atoms with Crippen molar-refractivity contribution in [3.63, 3.8) is 0 Å². The molecule has 0 bridgehead atoms. The van der Waals surface area contributed by atoms with Crippen molar-refractivity contribution in [2.24, 2.45) is 0 Å². The Morgan fingerprint density at radius 3 is 2.18 bits per heavy atom. The molecule has 0 saturated heterocycles. The van der Waals surface area contributed by atoms with Crippen LogP contribution in [0, 0.1) is 5.82 Å². The molecule has 0 heterocycles. The number of carbonyl (C=O) groups is 2. The summed E-state index contributed by atoms with van der Waals surface area (Å²) in [6.07, 6.45) is 1.54. The van der Waals surface area contributed by atoms with Gasteiger partial charge in [-0.05, 0) is 43.0 Å². The second-order valence-corrected chi connectivity index (χ2v) is 7.05. The van der Waals surface area contributed by atoms with Crippen molar-refractivity contribution in [3.05, 3.63) is 71.5 Å². The maximum absolute atomic E-state index is 13.3. The summed E-state index contributed by atoms with van der Waals surface area (Å²) in [6, 6.07) is 15.0. The predicted octanol–water partition coefficient (Wildman–Crippen LogP) is 4.09. The van der Waals surface area contributed by atoms with Gasteiger partial charge in [0.1, 0.15) is 11.9 Å². The zero-order valence-electron chi connectivity index (χ0n) is 16.8. The molecule has 28 heavy (non-hydrogen) atoms. The van der Waals surface area contributed by atoms with Crippen LogP contribution in [0.4, 0.5) is 4.39 Å². The van der Waals surface area contributed by atoms with Crippen LogP contribution in [0.15, 0.2) is 54.6 Å². The summed E-state index contributed by atoms with van der Waals surface area (Å²) in [6.45, 7) is 6.11. The van der Waals surface area contributed by atoms with Gasteiger partial charge in [0.25, 0.3) is 0 Å². The van der Waals surface area contributed by atoms with E-state index in [-0.39, 0.29) is 36.6 Å². The molecule has 1 N–H and O–H groups in total. The molecule has 0 aromatic heterocycles. The number of nitrogens with one attached hydrogen (secondary N) is 1. The average molecular weight is 384 g/mol. The van der Waals surface area contributed by atoms with E-state index < -0.39 is 6.04 Å². The maximum atomic E-state index is 13.3. The van der Waals surface area contributed by atoms with Crippen LogP contribution in [0.1, 0.15) is 44.7 Å². The molecule has 0 unspecified atom stereocenters. The Bertz CT molecular complexity index is 762. The third-order valence-corrected chi connectivity index (χ3v) is 4.85. The quantitative estimate of drug-likeness (QED) is 0.708. The van der Waals surface area contributed by atoms with Crippen LogP contribution in [0.3, 0.4) is 0 Å². The van der Waals surface area contributed by atoms with Crippen LogP contribution < -0.4 is 5.32 Å². The lowest BCUT2D eigenvalue weighted by atomic mass is 10.1. The molecule has 150 valence electrons. The Kier molecular flexibility index (Phi) is 8.18. The fourth-order valence-corrected chi connectivity index (χ4v) is 3.02. The van der Waals surface area contributed by atoms with Crippen LogP contribution in [0.25, 0.3) is 0 Å². The van der Waals surface area contributed by atoms with E-state index in [0.29, 0.717) is 6.42 Å². The third kappa shape index (κ3) is 6.19. The normalized spacial score (nSPS) is 12.9.